The van der Waals surface area contributed by atoms with E-state index in [9.17, 15) is 9.18 Å². The van der Waals surface area contributed by atoms with Gasteiger partial charge in [0.15, 0.2) is 0 Å². The van der Waals surface area contributed by atoms with Crippen molar-refractivity contribution in [1.82, 2.24) is 20.1 Å². The van der Waals surface area contributed by atoms with Gasteiger partial charge in [0.1, 0.15) is 11.6 Å². The van der Waals surface area contributed by atoms with Gasteiger partial charge in [0.25, 0.3) is 0 Å². The van der Waals surface area contributed by atoms with Crippen molar-refractivity contribution in [1.29, 1.82) is 0 Å². The predicted molar refractivity (Wildman–Crippen MR) is 134 cm³/mol. The number of carbonyl (C=O) groups is 1. The van der Waals surface area contributed by atoms with Gasteiger partial charge in [-0.1, -0.05) is 90.6 Å². The highest BCUT2D eigenvalue weighted by molar-refractivity contribution is 8.00. The van der Waals surface area contributed by atoms with Gasteiger partial charge in [0, 0.05) is 13.1 Å². The maximum atomic E-state index is 13.4. The Labute approximate surface area is 202 Å². The molecule has 172 valence electrons. The zero-order chi connectivity index (χ0) is 23.8. The summed E-state index contributed by atoms with van der Waals surface area (Å²) in [6.45, 7) is 2.93. The van der Waals surface area contributed by atoms with Crippen molar-refractivity contribution in [2.24, 2.45) is 0 Å². The number of nitrogens with one attached hydrogen (secondary N) is 1. The largest absolute Gasteiger partial charge is 0.333 e. The summed E-state index contributed by atoms with van der Waals surface area (Å²) >= 11 is 1.32. The maximum Gasteiger partial charge on any atom is 0.236 e. The third-order valence-corrected chi connectivity index (χ3v) is 6.11. The van der Waals surface area contributed by atoms with E-state index in [1.165, 1.54) is 23.9 Å². The average Bonchev–Trinajstić information content (AvgIpc) is 3.31. The Hall–Kier alpha value is -3.71. The van der Waals surface area contributed by atoms with Crippen LogP contribution in [0.3, 0.4) is 0 Å². The molecule has 0 bridgehead atoms. The molecule has 5 nitrogen and oxygen atoms in total. The number of hydrogen-bond donors (Lipinski definition) is 1. The van der Waals surface area contributed by atoms with Crippen LogP contribution in [0, 0.1) is 5.82 Å². The van der Waals surface area contributed by atoms with E-state index in [0.717, 1.165) is 16.7 Å². The molecule has 0 radical (unpaired) electrons. The minimum Gasteiger partial charge on any atom is -0.333 e. The third kappa shape index (κ3) is 6.65. The van der Waals surface area contributed by atoms with Gasteiger partial charge >= 0.3 is 0 Å². The zero-order valence-electron chi connectivity index (χ0n) is 18.8. The van der Waals surface area contributed by atoms with Crippen LogP contribution in [0.15, 0.2) is 90.1 Å². The van der Waals surface area contributed by atoms with Crippen molar-refractivity contribution in [3.8, 4) is 0 Å². The van der Waals surface area contributed by atoms with Crippen LogP contribution in [-0.2, 0) is 17.9 Å². The summed E-state index contributed by atoms with van der Waals surface area (Å²) < 4.78 is 13.1. The van der Waals surface area contributed by atoms with E-state index in [2.05, 4.69) is 15.2 Å². The molecule has 1 heterocycles. The molecular formula is C27H25FN4OS. The van der Waals surface area contributed by atoms with E-state index in [1.54, 1.807) is 18.2 Å². The fourth-order valence-electron chi connectivity index (χ4n) is 3.42. The second-order valence-electron chi connectivity index (χ2n) is 7.81. The lowest BCUT2D eigenvalue weighted by Crippen LogP contribution is -2.35. The molecule has 0 fully saturated rings. The van der Waals surface area contributed by atoms with E-state index in [0.29, 0.717) is 24.1 Å². The Morgan fingerprint density at radius 1 is 0.941 bits per heavy atom. The van der Waals surface area contributed by atoms with Crippen molar-refractivity contribution in [3.63, 3.8) is 0 Å². The van der Waals surface area contributed by atoms with Gasteiger partial charge in [0.2, 0.25) is 11.1 Å². The Bertz CT molecular complexity index is 1190. The van der Waals surface area contributed by atoms with E-state index in [-0.39, 0.29) is 17.0 Å². The number of nitrogens with zero attached hydrogens (tertiary/aromatic N) is 3. The Morgan fingerprint density at radius 2 is 1.53 bits per heavy atom. The van der Waals surface area contributed by atoms with Crippen molar-refractivity contribution < 1.29 is 9.18 Å². The zero-order valence-corrected chi connectivity index (χ0v) is 19.6. The van der Waals surface area contributed by atoms with Crippen molar-refractivity contribution in [2.75, 3.05) is 0 Å². The molecule has 3 aromatic carbocycles. The number of aromatic amines is 1. The highest BCUT2D eigenvalue weighted by atomic mass is 32.2. The first-order valence-corrected chi connectivity index (χ1v) is 11.8. The molecule has 1 aromatic heterocycles. The van der Waals surface area contributed by atoms with E-state index >= 15 is 0 Å². The van der Waals surface area contributed by atoms with Gasteiger partial charge in [-0.15, -0.1) is 5.10 Å². The summed E-state index contributed by atoms with van der Waals surface area (Å²) in [6, 6.07) is 26.1. The smallest absolute Gasteiger partial charge is 0.236 e. The first kappa shape index (κ1) is 23.4. The molecule has 1 atom stereocenters. The van der Waals surface area contributed by atoms with E-state index in [4.69, 9.17) is 0 Å². The van der Waals surface area contributed by atoms with Crippen LogP contribution in [0.1, 0.15) is 29.4 Å². The molecule has 0 aliphatic rings. The van der Waals surface area contributed by atoms with Crippen LogP contribution < -0.4 is 0 Å². The van der Waals surface area contributed by atoms with Crippen LogP contribution >= 0.6 is 11.8 Å². The molecule has 1 unspecified atom stereocenters. The van der Waals surface area contributed by atoms with Gasteiger partial charge in [-0.3, -0.25) is 9.89 Å². The van der Waals surface area contributed by atoms with Gasteiger partial charge < -0.3 is 4.90 Å². The number of amides is 1. The monoisotopic (exact) mass is 472 g/mol. The van der Waals surface area contributed by atoms with Gasteiger partial charge in [0.05, 0.1) is 5.25 Å². The Kier molecular flexibility index (Phi) is 7.88. The fourth-order valence-corrected chi connectivity index (χ4v) is 4.23. The van der Waals surface area contributed by atoms with Gasteiger partial charge in [-0.25, -0.2) is 9.37 Å². The van der Waals surface area contributed by atoms with Crippen LogP contribution in [0.2, 0.25) is 0 Å². The lowest BCUT2D eigenvalue weighted by molar-refractivity contribution is -0.131. The van der Waals surface area contributed by atoms with E-state index in [1.807, 2.05) is 78.6 Å². The van der Waals surface area contributed by atoms with E-state index < -0.39 is 0 Å². The number of benzene rings is 3. The molecule has 4 rings (SSSR count). The first-order valence-electron chi connectivity index (χ1n) is 11.0. The number of thioether (sulfide) groups is 1. The fraction of sp³-hybridized carbons (Fsp3) is 0.148. The maximum absolute atomic E-state index is 13.4. The highest BCUT2D eigenvalue weighted by Gasteiger charge is 2.23. The molecule has 0 aliphatic carbocycles. The van der Waals surface area contributed by atoms with Gasteiger partial charge in [-0.05, 0) is 41.8 Å². The molecule has 34 heavy (non-hydrogen) atoms. The summed E-state index contributed by atoms with van der Waals surface area (Å²) in [5.74, 6) is 0.311. The number of H-pyrrole nitrogens is 1. The van der Waals surface area contributed by atoms with Gasteiger partial charge in [-0.2, -0.15) is 0 Å². The molecule has 0 aliphatic heterocycles. The summed E-state index contributed by atoms with van der Waals surface area (Å²) in [6.07, 6.45) is 3.60. The molecule has 7 heteroatoms. The second kappa shape index (κ2) is 11.4. The minimum absolute atomic E-state index is 0.0194. The number of carbonyl (C=O) groups excluding carboxylic acids is 1. The lowest BCUT2D eigenvalue weighted by atomic mass is 10.1. The molecule has 4 aromatic rings. The van der Waals surface area contributed by atoms with Crippen LogP contribution in [-0.4, -0.2) is 31.2 Å². The number of aromatic nitrogens is 3. The van der Waals surface area contributed by atoms with Crippen LogP contribution in [0.25, 0.3) is 12.2 Å². The van der Waals surface area contributed by atoms with Crippen molar-refractivity contribution >= 4 is 29.8 Å². The molecule has 1 N–H and O–H groups in total. The normalized spacial score (nSPS) is 12.1. The average molecular weight is 473 g/mol. The number of halogens is 1. The lowest BCUT2D eigenvalue weighted by Gasteiger charge is -2.25. The molecule has 0 saturated carbocycles. The summed E-state index contributed by atoms with van der Waals surface area (Å²) in [5.41, 5.74) is 3.01. The number of hydrogen-bond acceptors (Lipinski definition) is 4. The third-order valence-electron chi connectivity index (χ3n) is 5.16. The standard InChI is InChI=1S/C27H25FN4OS/c1-20(34-27-29-25(30-31-27)17-14-21-12-15-24(28)16-13-21)26(33)32(18-22-8-4-2-5-9-22)19-23-10-6-3-7-11-23/h2-17,20H,18-19H2,1H3,(H,29,30,31). The first-order chi connectivity index (χ1) is 16.6. The summed E-state index contributed by atoms with van der Waals surface area (Å²) in [5, 5.41) is 7.25. The minimum atomic E-state index is -0.364. The Balaban J connectivity index is 1.43. The SMILES string of the molecule is CC(Sc1n[nH]c(C=Cc2ccc(F)cc2)n1)C(=O)N(Cc1ccccc1)Cc1ccccc1. The topological polar surface area (TPSA) is 61.9 Å². The Morgan fingerprint density at radius 3 is 2.12 bits per heavy atom. The molecule has 1 amide bonds. The van der Waals surface area contributed by atoms with Crippen LogP contribution in [0.4, 0.5) is 4.39 Å². The van der Waals surface area contributed by atoms with Crippen molar-refractivity contribution in [2.45, 2.75) is 30.4 Å². The van der Waals surface area contributed by atoms with Crippen molar-refractivity contribution in [3.05, 3.63) is 113 Å². The second-order valence-corrected chi connectivity index (χ2v) is 9.12. The number of rotatable bonds is 9. The summed E-state index contributed by atoms with van der Waals surface area (Å²) in [4.78, 5) is 19.7. The predicted octanol–water partition coefficient (Wildman–Crippen LogP) is 5.82. The van der Waals surface area contributed by atoms with Crippen LogP contribution in [0.5, 0.6) is 0 Å². The molecule has 0 spiro atoms. The molecular weight excluding hydrogens is 447 g/mol. The molecule has 0 saturated heterocycles. The highest BCUT2D eigenvalue weighted by Crippen LogP contribution is 2.23. The quantitative estimate of drug-likeness (QED) is 0.312. The summed E-state index contributed by atoms with van der Waals surface area (Å²) in [7, 11) is 0.